The molecule has 0 radical (unpaired) electrons. The molecule has 0 N–H and O–H groups in total. The van der Waals surface area contributed by atoms with Crippen molar-refractivity contribution in [3.8, 4) is 0 Å². The SMILES string of the molecule is CCC(Br)(CC)CC. The van der Waals surface area contributed by atoms with Gasteiger partial charge in [-0.15, -0.1) is 0 Å². The first-order valence-corrected chi connectivity index (χ1v) is 4.16. The average molecular weight is 179 g/mol. The summed E-state index contributed by atoms with van der Waals surface area (Å²) in [5.74, 6) is 0. The van der Waals surface area contributed by atoms with Gasteiger partial charge in [-0.05, 0) is 19.3 Å². The second-order valence-corrected chi connectivity index (χ2v) is 3.89. The van der Waals surface area contributed by atoms with E-state index >= 15 is 0 Å². The van der Waals surface area contributed by atoms with Gasteiger partial charge in [0.2, 0.25) is 0 Å². The number of hydrogen-bond donors (Lipinski definition) is 0. The van der Waals surface area contributed by atoms with Crippen molar-refractivity contribution in [1.82, 2.24) is 0 Å². The summed E-state index contributed by atoms with van der Waals surface area (Å²) in [5.41, 5.74) is 0. The maximum absolute atomic E-state index is 3.68. The second kappa shape index (κ2) is 3.49. The van der Waals surface area contributed by atoms with E-state index in [1.54, 1.807) is 0 Å². The van der Waals surface area contributed by atoms with Crippen LogP contribution in [0.4, 0.5) is 0 Å². The average Bonchev–Trinajstić information content (AvgIpc) is 1.87. The highest BCUT2D eigenvalue weighted by molar-refractivity contribution is 9.10. The Kier molecular flexibility index (Phi) is 3.70. The zero-order chi connectivity index (χ0) is 6.62. The molecule has 0 bridgehead atoms. The minimum absolute atomic E-state index is 0.438. The van der Waals surface area contributed by atoms with Gasteiger partial charge in [0.05, 0.1) is 0 Å². The zero-order valence-electron chi connectivity index (χ0n) is 6.00. The van der Waals surface area contributed by atoms with Gasteiger partial charge >= 0.3 is 0 Å². The van der Waals surface area contributed by atoms with Gasteiger partial charge in [-0.3, -0.25) is 0 Å². The van der Waals surface area contributed by atoms with Gasteiger partial charge in [0, 0.05) is 4.32 Å². The third-order valence-corrected chi connectivity index (χ3v) is 3.58. The maximum atomic E-state index is 3.68. The molecule has 0 spiro atoms. The third kappa shape index (κ3) is 2.17. The Morgan fingerprint density at radius 3 is 1.25 bits per heavy atom. The summed E-state index contributed by atoms with van der Waals surface area (Å²) >= 11 is 3.68. The van der Waals surface area contributed by atoms with Gasteiger partial charge in [-0.25, -0.2) is 0 Å². The van der Waals surface area contributed by atoms with Crippen LogP contribution in [-0.2, 0) is 0 Å². The van der Waals surface area contributed by atoms with Crippen molar-refractivity contribution in [3.05, 3.63) is 0 Å². The Balaban J connectivity index is 3.58. The van der Waals surface area contributed by atoms with Gasteiger partial charge in [0.25, 0.3) is 0 Å². The van der Waals surface area contributed by atoms with Crippen molar-refractivity contribution in [2.45, 2.75) is 44.4 Å². The molecule has 0 aromatic heterocycles. The third-order valence-electron chi connectivity index (χ3n) is 1.90. The van der Waals surface area contributed by atoms with E-state index < -0.39 is 0 Å². The van der Waals surface area contributed by atoms with Crippen LogP contribution in [0.15, 0.2) is 0 Å². The molecule has 0 atom stereocenters. The molecule has 0 aliphatic rings. The molecule has 0 aromatic carbocycles. The molecule has 0 heterocycles. The summed E-state index contributed by atoms with van der Waals surface area (Å²) in [7, 11) is 0. The zero-order valence-corrected chi connectivity index (χ0v) is 7.59. The lowest BCUT2D eigenvalue weighted by atomic mass is 10.0. The van der Waals surface area contributed by atoms with E-state index in [0.29, 0.717) is 4.32 Å². The van der Waals surface area contributed by atoms with E-state index in [1.807, 2.05) is 0 Å². The first-order chi connectivity index (χ1) is 3.68. The quantitative estimate of drug-likeness (QED) is 0.582. The smallest absolute Gasteiger partial charge is 0.0250 e. The summed E-state index contributed by atoms with van der Waals surface area (Å²) in [4.78, 5) is 0. The maximum Gasteiger partial charge on any atom is 0.0250 e. The molecule has 0 aromatic rings. The van der Waals surface area contributed by atoms with Crippen LogP contribution < -0.4 is 0 Å². The summed E-state index contributed by atoms with van der Waals surface area (Å²) < 4.78 is 0.438. The molecule has 0 saturated carbocycles. The summed E-state index contributed by atoms with van der Waals surface area (Å²) in [6.45, 7) is 6.67. The van der Waals surface area contributed by atoms with Gasteiger partial charge < -0.3 is 0 Å². The Morgan fingerprint density at radius 1 is 1.00 bits per heavy atom. The van der Waals surface area contributed by atoms with E-state index in [-0.39, 0.29) is 0 Å². The Morgan fingerprint density at radius 2 is 1.25 bits per heavy atom. The number of hydrogen-bond acceptors (Lipinski definition) is 0. The van der Waals surface area contributed by atoms with Crippen molar-refractivity contribution < 1.29 is 0 Å². The van der Waals surface area contributed by atoms with Crippen LogP contribution in [-0.4, -0.2) is 4.32 Å². The van der Waals surface area contributed by atoms with E-state index in [0.717, 1.165) is 0 Å². The standard InChI is InChI=1S/C7H15Br/c1-4-7(8,5-2)6-3/h4-6H2,1-3H3. The van der Waals surface area contributed by atoms with E-state index in [4.69, 9.17) is 0 Å². The van der Waals surface area contributed by atoms with Gasteiger partial charge in [0.15, 0.2) is 0 Å². The molecule has 0 rings (SSSR count). The van der Waals surface area contributed by atoms with E-state index in [2.05, 4.69) is 36.7 Å². The molecule has 0 aliphatic carbocycles. The van der Waals surface area contributed by atoms with Crippen molar-refractivity contribution in [2.75, 3.05) is 0 Å². The molecule has 8 heavy (non-hydrogen) atoms. The van der Waals surface area contributed by atoms with Crippen molar-refractivity contribution in [2.24, 2.45) is 0 Å². The van der Waals surface area contributed by atoms with Crippen molar-refractivity contribution in [1.29, 1.82) is 0 Å². The predicted octanol–water partition coefficient (Wildman–Crippen LogP) is 3.35. The molecular formula is C7H15Br. The summed E-state index contributed by atoms with van der Waals surface area (Å²) in [6.07, 6.45) is 3.71. The van der Waals surface area contributed by atoms with E-state index in [9.17, 15) is 0 Å². The molecule has 1 heteroatoms. The monoisotopic (exact) mass is 178 g/mol. The molecule has 0 unspecified atom stereocenters. The highest BCUT2D eigenvalue weighted by Crippen LogP contribution is 2.29. The molecule has 0 fully saturated rings. The lowest BCUT2D eigenvalue weighted by Crippen LogP contribution is -2.15. The van der Waals surface area contributed by atoms with Gasteiger partial charge in [-0.1, -0.05) is 36.7 Å². The Bertz CT molecular complexity index is 47.1. The van der Waals surface area contributed by atoms with Crippen LogP contribution in [0.5, 0.6) is 0 Å². The molecular weight excluding hydrogens is 164 g/mol. The first kappa shape index (κ1) is 8.48. The normalized spacial score (nSPS) is 12.0. The first-order valence-electron chi connectivity index (χ1n) is 3.37. The number of halogens is 1. The van der Waals surface area contributed by atoms with Gasteiger partial charge in [-0.2, -0.15) is 0 Å². The topological polar surface area (TPSA) is 0 Å². The fourth-order valence-corrected chi connectivity index (χ4v) is 0.750. The van der Waals surface area contributed by atoms with Crippen LogP contribution >= 0.6 is 15.9 Å². The molecule has 0 aliphatic heterocycles. The molecule has 50 valence electrons. The van der Waals surface area contributed by atoms with Gasteiger partial charge in [0.1, 0.15) is 0 Å². The van der Waals surface area contributed by atoms with Crippen LogP contribution in [0.1, 0.15) is 40.0 Å². The van der Waals surface area contributed by atoms with Crippen molar-refractivity contribution >= 4 is 15.9 Å². The lowest BCUT2D eigenvalue weighted by Gasteiger charge is -2.21. The summed E-state index contributed by atoms with van der Waals surface area (Å²) in [6, 6.07) is 0. The van der Waals surface area contributed by atoms with Crippen LogP contribution in [0.25, 0.3) is 0 Å². The van der Waals surface area contributed by atoms with Crippen LogP contribution in [0.3, 0.4) is 0 Å². The predicted molar refractivity (Wildman–Crippen MR) is 42.5 cm³/mol. The van der Waals surface area contributed by atoms with E-state index in [1.165, 1.54) is 19.3 Å². The number of alkyl halides is 1. The molecule has 0 saturated heterocycles. The molecule has 0 amide bonds. The number of rotatable bonds is 3. The van der Waals surface area contributed by atoms with Crippen LogP contribution in [0.2, 0.25) is 0 Å². The molecule has 0 nitrogen and oxygen atoms in total. The fraction of sp³-hybridized carbons (Fsp3) is 1.00. The second-order valence-electron chi connectivity index (χ2n) is 2.21. The highest BCUT2D eigenvalue weighted by atomic mass is 79.9. The minimum Gasteiger partial charge on any atom is -0.0854 e. The minimum atomic E-state index is 0.438. The van der Waals surface area contributed by atoms with Crippen LogP contribution in [0, 0.1) is 0 Å². The summed E-state index contributed by atoms with van der Waals surface area (Å²) in [5, 5.41) is 0. The fourth-order valence-electron chi connectivity index (χ4n) is 0.750. The Labute approximate surface area is 60.8 Å². The highest BCUT2D eigenvalue weighted by Gasteiger charge is 2.17. The largest absolute Gasteiger partial charge is 0.0854 e. The Hall–Kier alpha value is 0.480. The van der Waals surface area contributed by atoms with Crippen molar-refractivity contribution in [3.63, 3.8) is 0 Å². The lowest BCUT2D eigenvalue weighted by molar-refractivity contribution is 0.544.